The lowest BCUT2D eigenvalue weighted by molar-refractivity contribution is -0.198. The van der Waals surface area contributed by atoms with Gasteiger partial charge in [0.25, 0.3) is 21.9 Å². The molecule has 2 heterocycles. The van der Waals surface area contributed by atoms with E-state index in [1.165, 1.54) is 0 Å². The van der Waals surface area contributed by atoms with Gasteiger partial charge in [-0.25, -0.2) is 4.79 Å². The van der Waals surface area contributed by atoms with E-state index in [1.54, 1.807) is 31.2 Å². The van der Waals surface area contributed by atoms with E-state index >= 15 is 0 Å². The van der Waals surface area contributed by atoms with Gasteiger partial charge in [0.2, 0.25) is 5.82 Å². The molecule has 1 aromatic carbocycles. The van der Waals surface area contributed by atoms with Gasteiger partial charge in [-0.05, 0) is 31.2 Å². The van der Waals surface area contributed by atoms with Crippen molar-refractivity contribution in [1.82, 2.24) is 25.5 Å². The predicted molar refractivity (Wildman–Crippen MR) is 107 cm³/mol. The Balaban J connectivity index is 1.34. The first-order valence-corrected chi connectivity index (χ1v) is 11.0. The third-order valence-corrected chi connectivity index (χ3v) is 5.34. The fourth-order valence-corrected chi connectivity index (χ4v) is 3.33. The first-order valence-electron chi connectivity index (χ1n) is 9.54. The molecule has 1 aliphatic rings. The topological polar surface area (TPSA) is 188 Å². The molecular weight excluding hydrogens is 462 g/mol. The van der Waals surface area contributed by atoms with Crippen LogP contribution >= 0.6 is 0 Å². The summed E-state index contributed by atoms with van der Waals surface area (Å²) >= 11 is 0. The molecule has 15 heteroatoms. The van der Waals surface area contributed by atoms with Crippen molar-refractivity contribution in [3.8, 4) is 17.1 Å². The molecule has 0 bridgehead atoms. The molecule has 0 saturated carbocycles. The van der Waals surface area contributed by atoms with Crippen LogP contribution in [0, 0.1) is 6.92 Å². The summed E-state index contributed by atoms with van der Waals surface area (Å²) in [5.41, 5.74) is 0.718. The molecule has 176 valence electrons. The second-order valence-electron chi connectivity index (χ2n) is 6.70. The van der Waals surface area contributed by atoms with E-state index in [0.29, 0.717) is 17.4 Å². The minimum absolute atomic E-state index is 0.0430. The first-order chi connectivity index (χ1) is 15.6. The lowest BCUT2D eigenvalue weighted by Gasteiger charge is -2.13. The van der Waals surface area contributed by atoms with Crippen LogP contribution in [0.4, 0.5) is 0 Å². The summed E-state index contributed by atoms with van der Waals surface area (Å²) in [5.74, 6) is -1.93. The van der Waals surface area contributed by atoms with E-state index in [-0.39, 0.29) is 31.3 Å². The average molecular weight is 481 g/mol. The summed E-state index contributed by atoms with van der Waals surface area (Å²) in [6.07, 6.45) is -1.10. The van der Waals surface area contributed by atoms with Gasteiger partial charge < -0.3 is 14.3 Å². The van der Waals surface area contributed by atoms with Crippen molar-refractivity contribution in [2.24, 2.45) is 0 Å². The molecule has 14 nitrogen and oxygen atoms in total. The number of nitrogens with zero attached hydrogens (tertiary/aromatic N) is 5. The number of carbonyl (C=O) groups excluding carboxylic acids is 3. The molecule has 1 unspecified atom stereocenters. The number of amides is 2. The quantitative estimate of drug-likeness (QED) is 0.260. The van der Waals surface area contributed by atoms with Gasteiger partial charge in [-0.2, -0.15) is 8.42 Å². The van der Waals surface area contributed by atoms with E-state index in [9.17, 15) is 22.8 Å². The highest BCUT2D eigenvalue weighted by Gasteiger charge is 2.48. The van der Waals surface area contributed by atoms with Gasteiger partial charge in [0, 0.05) is 5.56 Å². The molecule has 1 saturated heterocycles. The van der Waals surface area contributed by atoms with Crippen LogP contribution in [-0.4, -0.2) is 81.3 Å². The highest BCUT2D eigenvalue weighted by Crippen LogP contribution is 2.20. The molecule has 2 aromatic rings. The second-order valence-corrected chi connectivity index (χ2v) is 8.30. The largest absolute Gasteiger partial charge is 0.491 e. The number of hydrogen-bond acceptors (Lipinski definition) is 12. The number of hydrogen-bond donors (Lipinski definition) is 1. The van der Waals surface area contributed by atoms with Crippen LogP contribution in [0.15, 0.2) is 24.3 Å². The number of ether oxygens (including phenoxy) is 2. The summed E-state index contributed by atoms with van der Waals surface area (Å²) in [6.45, 7) is 1.90. The molecule has 3 rings (SSSR count). The van der Waals surface area contributed by atoms with E-state index < -0.39 is 39.6 Å². The molecular formula is C18H19N5O9S. The van der Waals surface area contributed by atoms with Gasteiger partial charge >= 0.3 is 5.97 Å². The monoisotopic (exact) mass is 481 g/mol. The van der Waals surface area contributed by atoms with E-state index in [1.807, 2.05) is 0 Å². The fourth-order valence-electron chi connectivity index (χ4n) is 2.63. The second kappa shape index (κ2) is 10.4. The Morgan fingerprint density at radius 3 is 2.36 bits per heavy atom. The number of imide groups is 1. The maximum absolute atomic E-state index is 11.8. The third-order valence-electron chi connectivity index (χ3n) is 4.25. The van der Waals surface area contributed by atoms with Gasteiger partial charge in [0.15, 0.2) is 11.1 Å². The van der Waals surface area contributed by atoms with Crippen LogP contribution in [-0.2, 0) is 34.1 Å². The van der Waals surface area contributed by atoms with Gasteiger partial charge in [0.05, 0.1) is 26.1 Å². The summed E-state index contributed by atoms with van der Waals surface area (Å²) in [7, 11) is -4.78. The number of aryl methyl sites for hydroxylation is 1. The molecule has 1 aromatic heterocycles. The van der Waals surface area contributed by atoms with E-state index in [4.69, 9.17) is 14.0 Å². The molecule has 0 spiro atoms. The first kappa shape index (κ1) is 24.1. The zero-order valence-electron chi connectivity index (χ0n) is 17.3. The summed E-state index contributed by atoms with van der Waals surface area (Å²) in [6, 6.07) is 6.90. The minimum atomic E-state index is -4.78. The fraction of sp³-hybridized carbons (Fsp3) is 0.389. The Labute approximate surface area is 187 Å². The molecule has 33 heavy (non-hydrogen) atoms. The van der Waals surface area contributed by atoms with E-state index in [2.05, 4.69) is 25.2 Å². The van der Waals surface area contributed by atoms with Crippen molar-refractivity contribution in [3.05, 3.63) is 30.1 Å². The number of rotatable bonds is 10. The molecule has 1 atom stereocenters. The number of carbonyl (C=O) groups is 3. The molecule has 0 aliphatic carbocycles. The summed E-state index contributed by atoms with van der Waals surface area (Å²) in [4.78, 5) is 39.8. The molecule has 1 N–H and O–H groups in total. The lowest BCUT2D eigenvalue weighted by atomic mass is 10.2. The van der Waals surface area contributed by atoms with Crippen LogP contribution in [0.2, 0.25) is 0 Å². The maximum atomic E-state index is 11.8. The van der Waals surface area contributed by atoms with Crippen molar-refractivity contribution in [3.63, 3.8) is 0 Å². The van der Waals surface area contributed by atoms with Crippen molar-refractivity contribution >= 4 is 27.9 Å². The van der Waals surface area contributed by atoms with Gasteiger partial charge in [-0.3, -0.25) is 14.1 Å². The SMILES string of the molecule is Cc1nnc(-c2ccc(OCCOCCC(=O)ON3C(=O)CC(S(=O)(=O)O)C3=O)cc2)nn1. The Morgan fingerprint density at radius 2 is 1.76 bits per heavy atom. The highest BCUT2D eigenvalue weighted by atomic mass is 32.2. The minimum Gasteiger partial charge on any atom is -0.491 e. The highest BCUT2D eigenvalue weighted by molar-refractivity contribution is 7.87. The smallest absolute Gasteiger partial charge is 0.335 e. The van der Waals surface area contributed by atoms with E-state index in [0.717, 1.165) is 5.56 Å². The van der Waals surface area contributed by atoms with Gasteiger partial charge in [0.1, 0.15) is 12.4 Å². The van der Waals surface area contributed by atoms with Crippen molar-refractivity contribution < 1.29 is 41.7 Å². The Bertz CT molecular complexity index is 1120. The maximum Gasteiger partial charge on any atom is 0.335 e. The summed E-state index contributed by atoms with van der Waals surface area (Å²) in [5, 5.41) is 13.6. The predicted octanol–water partition coefficient (Wildman–Crippen LogP) is -0.499. The number of benzene rings is 1. The number of aromatic nitrogens is 4. The Morgan fingerprint density at radius 1 is 1.09 bits per heavy atom. The van der Waals surface area contributed by atoms with Crippen molar-refractivity contribution in [2.75, 3.05) is 19.8 Å². The van der Waals surface area contributed by atoms with Crippen molar-refractivity contribution in [2.45, 2.75) is 25.0 Å². The van der Waals surface area contributed by atoms with Gasteiger partial charge in [-0.1, -0.05) is 0 Å². The molecule has 0 radical (unpaired) electrons. The standard InChI is InChI=1S/C18H19N5O9S/c1-11-19-21-17(22-20-11)12-2-4-13(5-3-12)31-9-8-30-7-6-16(25)32-23-15(24)10-14(18(23)26)33(27,28)29/h2-5,14H,6-10H2,1H3,(H,27,28,29). The Kier molecular flexibility index (Phi) is 7.57. The third kappa shape index (κ3) is 6.47. The van der Waals surface area contributed by atoms with Crippen LogP contribution < -0.4 is 4.74 Å². The lowest BCUT2D eigenvalue weighted by Crippen LogP contribution is -2.36. The van der Waals surface area contributed by atoms with Crippen molar-refractivity contribution in [1.29, 1.82) is 0 Å². The normalized spacial score (nSPS) is 16.2. The Hall–Kier alpha value is -3.56. The van der Waals surface area contributed by atoms with Crippen LogP contribution in [0.1, 0.15) is 18.7 Å². The molecule has 1 aliphatic heterocycles. The zero-order valence-corrected chi connectivity index (χ0v) is 18.1. The molecule has 2 amide bonds. The number of hydroxylamine groups is 2. The van der Waals surface area contributed by atoms with Gasteiger partial charge in [-0.15, -0.1) is 25.5 Å². The van der Waals surface area contributed by atoms with Crippen LogP contribution in [0.3, 0.4) is 0 Å². The summed E-state index contributed by atoms with van der Waals surface area (Å²) < 4.78 is 41.8. The van der Waals surface area contributed by atoms with Crippen LogP contribution in [0.25, 0.3) is 11.4 Å². The van der Waals surface area contributed by atoms with Crippen LogP contribution in [0.5, 0.6) is 5.75 Å². The zero-order chi connectivity index (χ0) is 24.0. The average Bonchev–Trinajstić information content (AvgIpc) is 3.06. The molecule has 1 fully saturated rings.